The van der Waals surface area contributed by atoms with Crippen molar-refractivity contribution in [3.8, 4) is 0 Å². The zero-order valence-corrected chi connectivity index (χ0v) is 9.73. The van der Waals surface area contributed by atoms with Gasteiger partial charge in [0, 0.05) is 30.7 Å². The van der Waals surface area contributed by atoms with Crippen LogP contribution in [0.25, 0.3) is 0 Å². The van der Waals surface area contributed by atoms with Crippen molar-refractivity contribution >= 4 is 5.97 Å². The molecule has 15 heavy (non-hydrogen) atoms. The second-order valence-corrected chi connectivity index (χ2v) is 5.69. The first-order valence-electron chi connectivity index (χ1n) is 5.60. The average Bonchev–Trinajstić information content (AvgIpc) is 2.58. The first kappa shape index (κ1) is 10.9. The Morgan fingerprint density at radius 1 is 1.33 bits per heavy atom. The quantitative estimate of drug-likeness (QED) is 0.729. The van der Waals surface area contributed by atoms with Gasteiger partial charge in [-0.25, -0.2) is 0 Å². The Morgan fingerprint density at radius 3 is 2.40 bits per heavy atom. The molecule has 86 valence electrons. The first-order valence-corrected chi connectivity index (χ1v) is 5.60. The summed E-state index contributed by atoms with van der Waals surface area (Å²) in [6, 6.07) is 1.03. The molecule has 2 saturated heterocycles. The van der Waals surface area contributed by atoms with Crippen LogP contribution in [0, 0.1) is 0 Å². The maximum atomic E-state index is 10.7. The van der Waals surface area contributed by atoms with Crippen molar-refractivity contribution in [2.75, 3.05) is 19.6 Å². The van der Waals surface area contributed by atoms with Gasteiger partial charge in [0.2, 0.25) is 0 Å². The van der Waals surface area contributed by atoms with Gasteiger partial charge in [0.1, 0.15) is 0 Å². The van der Waals surface area contributed by atoms with E-state index in [1.807, 2.05) is 0 Å². The highest BCUT2D eigenvalue weighted by Gasteiger charge is 2.46. The predicted octanol–water partition coefficient (Wildman–Crippen LogP) is 0.628. The second-order valence-electron chi connectivity index (χ2n) is 5.69. The summed E-state index contributed by atoms with van der Waals surface area (Å²) in [6.45, 7) is 8.86. The Kier molecular flexibility index (Phi) is 2.51. The SMILES string of the molecule is CC(C)(C)N1CC2CC1CN2CC(=O)O. The van der Waals surface area contributed by atoms with E-state index in [9.17, 15) is 4.79 Å². The molecular formula is C11H20N2O2. The van der Waals surface area contributed by atoms with Crippen molar-refractivity contribution in [1.29, 1.82) is 0 Å². The van der Waals surface area contributed by atoms with E-state index in [1.165, 1.54) is 0 Å². The van der Waals surface area contributed by atoms with E-state index in [0.717, 1.165) is 19.5 Å². The van der Waals surface area contributed by atoms with Crippen molar-refractivity contribution in [1.82, 2.24) is 9.80 Å². The maximum Gasteiger partial charge on any atom is 0.317 e. The fourth-order valence-electron chi connectivity index (χ4n) is 2.94. The molecule has 2 aliphatic heterocycles. The summed E-state index contributed by atoms with van der Waals surface area (Å²) < 4.78 is 0. The van der Waals surface area contributed by atoms with Gasteiger partial charge in [0.05, 0.1) is 6.54 Å². The van der Waals surface area contributed by atoms with E-state index in [4.69, 9.17) is 5.11 Å². The molecule has 2 rings (SSSR count). The molecule has 0 spiro atoms. The number of carbonyl (C=O) groups is 1. The molecule has 2 aliphatic rings. The largest absolute Gasteiger partial charge is 0.480 e. The lowest BCUT2D eigenvalue weighted by Crippen LogP contribution is -2.54. The molecule has 0 aromatic rings. The summed E-state index contributed by atoms with van der Waals surface area (Å²) in [6.07, 6.45) is 1.14. The normalized spacial score (nSPS) is 32.5. The molecule has 2 heterocycles. The molecule has 2 fully saturated rings. The van der Waals surface area contributed by atoms with E-state index < -0.39 is 5.97 Å². The standard InChI is InChI=1S/C11H20N2O2/c1-11(2,3)13-6-8-4-9(13)5-12(8)7-10(14)15/h8-9H,4-7H2,1-3H3,(H,14,15). The topological polar surface area (TPSA) is 43.8 Å². The fraction of sp³-hybridized carbons (Fsp3) is 0.909. The van der Waals surface area contributed by atoms with Crippen LogP contribution in [0.1, 0.15) is 27.2 Å². The number of piperazine rings is 1. The van der Waals surface area contributed by atoms with E-state index >= 15 is 0 Å². The van der Waals surface area contributed by atoms with Gasteiger partial charge in [0.15, 0.2) is 0 Å². The van der Waals surface area contributed by atoms with Gasteiger partial charge in [0.25, 0.3) is 0 Å². The Hall–Kier alpha value is -0.610. The molecule has 0 amide bonds. The van der Waals surface area contributed by atoms with Gasteiger partial charge in [-0.2, -0.15) is 0 Å². The van der Waals surface area contributed by atoms with Crippen molar-refractivity contribution in [2.24, 2.45) is 0 Å². The van der Waals surface area contributed by atoms with Crippen LogP contribution in [0.3, 0.4) is 0 Å². The molecule has 0 aromatic carbocycles. The third-order valence-electron chi connectivity index (χ3n) is 3.55. The Balaban J connectivity index is 1.97. The first-order chi connectivity index (χ1) is 6.88. The summed E-state index contributed by atoms with van der Waals surface area (Å²) >= 11 is 0. The minimum absolute atomic E-state index is 0.207. The highest BCUT2D eigenvalue weighted by atomic mass is 16.4. The summed E-state index contributed by atoms with van der Waals surface area (Å²) in [5, 5.41) is 8.77. The van der Waals surface area contributed by atoms with Crippen LogP contribution in [0.15, 0.2) is 0 Å². The van der Waals surface area contributed by atoms with Gasteiger partial charge in [-0.05, 0) is 27.2 Å². The molecule has 4 heteroatoms. The second kappa shape index (κ2) is 3.46. The lowest BCUT2D eigenvalue weighted by molar-refractivity contribution is -0.139. The minimum Gasteiger partial charge on any atom is -0.480 e. The molecule has 1 N–H and O–H groups in total. The number of hydrogen-bond acceptors (Lipinski definition) is 3. The Morgan fingerprint density at radius 2 is 2.00 bits per heavy atom. The van der Waals surface area contributed by atoms with Crippen molar-refractivity contribution in [3.63, 3.8) is 0 Å². The molecule has 2 bridgehead atoms. The number of fused-ring (bicyclic) bond motifs is 2. The summed E-state index contributed by atoms with van der Waals surface area (Å²) in [7, 11) is 0. The number of rotatable bonds is 2. The Bertz CT molecular complexity index is 272. The van der Waals surface area contributed by atoms with Gasteiger partial charge < -0.3 is 5.11 Å². The number of carboxylic acid groups (broad SMARTS) is 1. The van der Waals surface area contributed by atoms with Crippen LogP contribution in [0.2, 0.25) is 0 Å². The van der Waals surface area contributed by atoms with Crippen LogP contribution in [0.5, 0.6) is 0 Å². The van der Waals surface area contributed by atoms with Crippen LogP contribution in [-0.2, 0) is 4.79 Å². The zero-order chi connectivity index (χ0) is 11.2. The van der Waals surface area contributed by atoms with Crippen molar-refractivity contribution in [2.45, 2.75) is 44.8 Å². The highest BCUT2D eigenvalue weighted by Crippen LogP contribution is 2.35. The van der Waals surface area contributed by atoms with Crippen LogP contribution in [-0.4, -0.2) is 58.1 Å². The molecular weight excluding hydrogens is 192 g/mol. The van der Waals surface area contributed by atoms with Gasteiger partial charge >= 0.3 is 5.97 Å². The molecule has 4 nitrogen and oxygen atoms in total. The highest BCUT2D eigenvalue weighted by molar-refractivity contribution is 5.69. The number of hydrogen-bond donors (Lipinski definition) is 1. The fourth-order valence-corrected chi connectivity index (χ4v) is 2.94. The smallest absolute Gasteiger partial charge is 0.317 e. The molecule has 0 saturated carbocycles. The average molecular weight is 212 g/mol. The lowest BCUT2D eigenvalue weighted by atomic mass is 10.0. The number of aliphatic carboxylic acids is 1. The van der Waals surface area contributed by atoms with Gasteiger partial charge in [-0.3, -0.25) is 14.6 Å². The van der Waals surface area contributed by atoms with Gasteiger partial charge in [-0.1, -0.05) is 0 Å². The van der Waals surface area contributed by atoms with E-state index in [0.29, 0.717) is 12.1 Å². The molecule has 0 radical (unpaired) electrons. The minimum atomic E-state index is -0.704. The zero-order valence-electron chi connectivity index (χ0n) is 9.73. The summed E-state index contributed by atoms with van der Waals surface area (Å²) in [5.74, 6) is -0.704. The van der Waals surface area contributed by atoms with Crippen molar-refractivity contribution < 1.29 is 9.90 Å². The molecule has 2 atom stereocenters. The monoisotopic (exact) mass is 212 g/mol. The molecule has 0 aliphatic carbocycles. The van der Waals surface area contributed by atoms with Crippen LogP contribution >= 0.6 is 0 Å². The van der Waals surface area contributed by atoms with E-state index in [1.54, 1.807) is 0 Å². The van der Waals surface area contributed by atoms with Crippen LogP contribution < -0.4 is 0 Å². The van der Waals surface area contributed by atoms with Gasteiger partial charge in [-0.15, -0.1) is 0 Å². The molecule has 2 unspecified atom stereocenters. The van der Waals surface area contributed by atoms with E-state index in [-0.39, 0.29) is 12.1 Å². The number of nitrogens with zero attached hydrogens (tertiary/aromatic N) is 2. The van der Waals surface area contributed by atoms with Crippen LogP contribution in [0.4, 0.5) is 0 Å². The third kappa shape index (κ3) is 2.01. The summed E-state index contributed by atoms with van der Waals surface area (Å²) in [4.78, 5) is 15.3. The third-order valence-corrected chi connectivity index (χ3v) is 3.55. The lowest BCUT2D eigenvalue weighted by Gasteiger charge is -2.41. The number of carboxylic acids is 1. The predicted molar refractivity (Wildman–Crippen MR) is 57.9 cm³/mol. The van der Waals surface area contributed by atoms with E-state index in [2.05, 4.69) is 30.6 Å². The van der Waals surface area contributed by atoms with Crippen molar-refractivity contribution in [3.05, 3.63) is 0 Å². The maximum absolute atomic E-state index is 10.7. The Labute approximate surface area is 90.9 Å². The summed E-state index contributed by atoms with van der Waals surface area (Å²) in [5.41, 5.74) is 0.217. The number of likely N-dealkylation sites (tertiary alicyclic amines) is 2. The molecule has 0 aromatic heterocycles.